The number of guanidine groups is 1. The summed E-state index contributed by atoms with van der Waals surface area (Å²) >= 11 is 0. The Kier molecular flexibility index (Phi) is 10.1. The SMILES string of the molecule is I.NS(=O)(=O)c1ccc(CN=C(NCCc2ccc(F)cc2)NCCc2ccco2)cc1. The van der Waals surface area contributed by atoms with Crippen LogP contribution in [-0.2, 0) is 29.4 Å². The monoisotopic (exact) mass is 572 g/mol. The molecule has 32 heavy (non-hydrogen) atoms. The highest BCUT2D eigenvalue weighted by Crippen LogP contribution is 2.09. The fraction of sp³-hybridized carbons (Fsp3) is 0.227. The first-order chi connectivity index (χ1) is 14.9. The van der Waals surface area contributed by atoms with Gasteiger partial charge in [0, 0.05) is 19.5 Å². The average Bonchev–Trinajstić information content (AvgIpc) is 3.26. The van der Waals surface area contributed by atoms with Gasteiger partial charge in [0.05, 0.1) is 17.7 Å². The van der Waals surface area contributed by atoms with Crippen molar-refractivity contribution in [3.8, 4) is 0 Å². The number of benzene rings is 2. The molecule has 0 radical (unpaired) electrons. The molecule has 0 fully saturated rings. The Balaban J connectivity index is 0.00000363. The summed E-state index contributed by atoms with van der Waals surface area (Å²) in [5.74, 6) is 1.23. The van der Waals surface area contributed by atoms with Crippen LogP contribution in [0.25, 0.3) is 0 Å². The quantitative estimate of drug-likeness (QED) is 0.207. The predicted octanol–water partition coefficient (Wildman–Crippen LogP) is 3.20. The molecule has 0 unspecified atom stereocenters. The van der Waals surface area contributed by atoms with Crippen molar-refractivity contribution in [3.05, 3.63) is 89.6 Å². The highest BCUT2D eigenvalue weighted by Gasteiger charge is 2.07. The van der Waals surface area contributed by atoms with Crippen LogP contribution < -0.4 is 15.8 Å². The highest BCUT2D eigenvalue weighted by molar-refractivity contribution is 14.0. The summed E-state index contributed by atoms with van der Waals surface area (Å²) in [6, 6.07) is 16.4. The van der Waals surface area contributed by atoms with E-state index in [-0.39, 0.29) is 34.7 Å². The van der Waals surface area contributed by atoms with E-state index in [0.717, 1.165) is 16.9 Å². The zero-order chi connectivity index (χ0) is 22.1. The lowest BCUT2D eigenvalue weighted by Gasteiger charge is -2.12. The van der Waals surface area contributed by atoms with Crippen molar-refractivity contribution in [1.29, 1.82) is 0 Å². The van der Waals surface area contributed by atoms with Crippen molar-refractivity contribution in [2.24, 2.45) is 10.1 Å². The fourth-order valence-electron chi connectivity index (χ4n) is 2.86. The van der Waals surface area contributed by atoms with Gasteiger partial charge in [0.1, 0.15) is 11.6 Å². The van der Waals surface area contributed by atoms with Crippen LogP contribution in [0.2, 0.25) is 0 Å². The van der Waals surface area contributed by atoms with E-state index in [1.165, 1.54) is 24.3 Å². The average molecular weight is 572 g/mol. The van der Waals surface area contributed by atoms with Gasteiger partial charge in [-0.25, -0.2) is 22.9 Å². The van der Waals surface area contributed by atoms with Crippen molar-refractivity contribution in [2.75, 3.05) is 13.1 Å². The Bertz CT molecular complexity index is 1090. The molecular formula is C22H26FIN4O3S. The first kappa shape index (κ1) is 25.8. The molecule has 0 spiro atoms. The summed E-state index contributed by atoms with van der Waals surface area (Å²) in [7, 11) is -3.72. The van der Waals surface area contributed by atoms with Crippen LogP contribution in [0, 0.1) is 5.82 Å². The van der Waals surface area contributed by atoms with Crippen LogP contribution in [0.4, 0.5) is 4.39 Å². The largest absolute Gasteiger partial charge is 0.469 e. The zero-order valence-electron chi connectivity index (χ0n) is 17.3. The molecular weight excluding hydrogens is 546 g/mol. The number of hydrogen-bond acceptors (Lipinski definition) is 4. The van der Waals surface area contributed by atoms with E-state index in [2.05, 4.69) is 15.6 Å². The van der Waals surface area contributed by atoms with Crippen LogP contribution in [0.15, 0.2) is 81.2 Å². The van der Waals surface area contributed by atoms with E-state index >= 15 is 0 Å². The summed E-state index contributed by atoms with van der Waals surface area (Å²) < 4.78 is 41.2. The molecule has 1 aromatic heterocycles. The van der Waals surface area contributed by atoms with Crippen molar-refractivity contribution in [1.82, 2.24) is 10.6 Å². The van der Waals surface area contributed by atoms with Crippen LogP contribution in [0.5, 0.6) is 0 Å². The van der Waals surface area contributed by atoms with Crippen LogP contribution in [-0.4, -0.2) is 27.5 Å². The van der Waals surface area contributed by atoms with Gasteiger partial charge in [0.15, 0.2) is 5.96 Å². The Labute approximate surface area is 204 Å². The maximum atomic E-state index is 13.1. The topological polar surface area (TPSA) is 110 Å². The molecule has 4 N–H and O–H groups in total. The first-order valence-corrected chi connectivity index (χ1v) is 11.4. The lowest BCUT2D eigenvalue weighted by atomic mass is 10.1. The predicted molar refractivity (Wildman–Crippen MR) is 133 cm³/mol. The molecule has 0 aliphatic heterocycles. The number of halogens is 2. The summed E-state index contributed by atoms with van der Waals surface area (Å²) in [4.78, 5) is 4.64. The van der Waals surface area contributed by atoms with E-state index in [1.807, 2.05) is 12.1 Å². The minimum atomic E-state index is -3.72. The third-order valence-corrected chi connectivity index (χ3v) is 5.46. The van der Waals surface area contributed by atoms with Crippen molar-refractivity contribution in [3.63, 3.8) is 0 Å². The standard InChI is InChI=1S/C22H25FN4O3S.HI/c23-19-7-3-17(4-8-19)11-13-25-22(26-14-12-20-2-1-15-30-20)27-16-18-5-9-21(10-6-18)31(24,28)29;/h1-10,15H,11-14,16H2,(H2,24,28,29)(H2,25,26,27);1H. The number of nitrogens with two attached hydrogens (primary N) is 1. The molecule has 0 amide bonds. The molecule has 2 aromatic carbocycles. The number of furan rings is 1. The number of rotatable bonds is 9. The van der Waals surface area contributed by atoms with Gasteiger partial charge in [-0.15, -0.1) is 24.0 Å². The lowest BCUT2D eigenvalue weighted by Crippen LogP contribution is -2.39. The number of hydrogen-bond donors (Lipinski definition) is 3. The minimum Gasteiger partial charge on any atom is -0.469 e. The Morgan fingerprint density at radius 1 is 0.938 bits per heavy atom. The van der Waals surface area contributed by atoms with Gasteiger partial charge in [0.25, 0.3) is 0 Å². The van der Waals surface area contributed by atoms with Gasteiger partial charge >= 0.3 is 0 Å². The molecule has 3 rings (SSSR count). The van der Waals surface area contributed by atoms with Crippen molar-refractivity contribution in [2.45, 2.75) is 24.3 Å². The van der Waals surface area contributed by atoms with Crippen LogP contribution in [0.3, 0.4) is 0 Å². The summed E-state index contributed by atoms with van der Waals surface area (Å²) in [6.07, 6.45) is 3.05. The number of primary sulfonamides is 1. The van der Waals surface area contributed by atoms with E-state index in [0.29, 0.717) is 38.4 Å². The van der Waals surface area contributed by atoms with Crippen molar-refractivity contribution >= 4 is 40.0 Å². The van der Waals surface area contributed by atoms with Gasteiger partial charge in [-0.3, -0.25) is 0 Å². The van der Waals surface area contributed by atoms with E-state index < -0.39 is 10.0 Å². The van der Waals surface area contributed by atoms with E-state index in [4.69, 9.17) is 9.56 Å². The van der Waals surface area contributed by atoms with E-state index in [9.17, 15) is 12.8 Å². The van der Waals surface area contributed by atoms with Gasteiger partial charge in [0.2, 0.25) is 10.0 Å². The second kappa shape index (κ2) is 12.6. The van der Waals surface area contributed by atoms with Crippen LogP contribution in [0.1, 0.15) is 16.9 Å². The Morgan fingerprint density at radius 3 is 2.16 bits per heavy atom. The first-order valence-electron chi connectivity index (χ1n) is 9.81. The minimum absolute atomic E-state index is 0. The third kappa shape index (κ3) is 8.60. The van der Waals surface area contributed by atoms with Gasteiger partial charge < -0.3 is 15.1 Å². The maximum Gasteiger partial charge on any atom is 0.238 e. The molecule has 10 heteroatoms. The lowest BCUT2D eigenvalue weighted by molar-refractivity contribution is 0.506. The molecule has 172 valence electrons. The smallest absolute Gasteiger partial charge is 0.238 e. The number of nitrogens with one attached hydrogen (secondary N) is 2. The molecule has 1 heterocycles. The third-order valence-electron chi connectivity index (χ3n) is 4.53. The van der Waals surface area contributed by atoms with Gasteiger partial charge in [-0.1, -0.05) is 24.3 Å². The molecule has 0 aliphatic carbocycles. The molecule has 3 aromatic rings. The number of nitrogens with zero attached hydrogens (tertiary/aromatic N) is 1. The molecule has 0 atom stereocenters. The summed E-state index contributed by atoms with van der Waals surface area (Å²) in [6.45, 7) is 1.60. The summed E-state index contributed by atoms with van der Waals surface area (Å²) in [5.41, 5.74) is 1.86. The molecule has 7 nitrogen and oxygen atoms in total. The zero-order valence-corrected chi connectivity index (χ0v) is 20.5. The van der Waals surface area contributed by atoms with Gasteiger partial charge in [-0.2, -0.15) is 0 Å². The second-order valence-electron chi connectivity index (χ2n) is 6.91. The second-order valence-corrected chi connectivity index (χ2v) is 8.47. The normalized spacial score (nSPS) is 11.6. The molecule has 0 bridgehead atoms. The van der Waals surface area contributed by atoms with Crippen molar-refractivity contribution < 1.29 is 17.2 Å². The molecule has 0 aliphatic rings. The molecule has 0 saturated carbocycles. The highest BCUT2D eigenvalue weighted by atomic mass is 127. The number of sulfonamides is 1. The summed E-state index contributed by atoms with van der Waals surface area (Å²) in [5, 5.41) is 11.7. The maximum absolute atomic E-state index is 13.1. The Morgan fingerprint density at radius 2 is 1.56 bits per heavy atom. The van der Waals surface area contributed by atoms with E-state index in [1.54, 1.807) is 30.5 Å². The fourth-order valence-corrected chi connectivity index (χ4v) is 3.38. The Hall–Kier alpha value is -2.44. The van der Waals surface area contributed by atoms with Gasteiger partial charge in [-0.05, 0) is 53.9 Å². The van der Waals surface area contributed by atoms with Crippen LogP contribution >= 0.6 is 24.0 Å². The number of aliphatic imine (C=N–C) groups is 1. The molecule has 0 saturated heterocycles.